The van der Waals surface area contributed by atoms with Crippen LogP contribution in [0.3, 0.4) is 0 Å². The van der Waals surface area contributed by atoms with Crippen molar-refractivity contribution in [1.29, 1.82) is 0 Å². The fourth-order valence-corrected chi connectivity index (χ4v) is 4.48. The van der Waals surface area contributed by atoms with Crippen LogP contribution in [0.2, 0.25) is 0 Å². The Bertz CT molecular complexity index is 937. The molecule has 8 heteroatoms. The van der Waals surface area contributed by atoms with Crippen LogP contribution in [0.1, 0.15) is 37.9 Å². The Hall–Kier alpha value is -2.32. The molecule has 0 N–H and O–H groups in total. The van der Waals surface area contributed by atoms with E-state index < -0.39 is 0 Å². The second kappa shape index (κ2) is 9.93. The Morgan fingerprint density at radius 2 is 2.10 bits per heavy atom. The van der Waals surface area contributed by atoms with E-state index in [1.54, 1.807) is 12.0 Å². The molecule has 2 heterocycles. The lowest BCUT2D eigenvalue weighted by Crippen LogP contribution is -2.28. The van der Waals surface area contributed by atoms with Gasteiger partial charge in [-0.1, -0.05) is 19.4 Å². The average Bonchev–Trinajstić information content (AvgIpc) is 3.25. The SMILES string of the molecule is CCCCOc1ccc(/C=C2\S/C(=N/c3nc(C)cs3)N(CC)C2=O)cc1OC. The van der Waals surface area contributed by atoms with Gasteiger partial charge in [-0.15, -0.1) is 11.3 Å². The summed E-state index contributed by atoms with van der Waals surface area (Å²) < 4.78 is 11.2. The number of benzene rings is 1. The molecule has 0 radical (unpaired) electrons. The fraction of sp³-hybridized carbons (Fsp3) is 0.381. The molecule has 3 rings (SSSR count). The van der Waals surface area contributed by atoms with Crippen molar-refractivity contribution in [3.63, 3.8) is 0 Å². The van der Waals surface area contributed by atoms with Gasteiger partial charge in [0.25, 0.3) is 5.91 Å². The molecule has 0 atom stereocenters. The topological polar surface area (TPSA) is 64.0 Å². The van der Waals surface area contributed by atoms with Crippen molar-refractivity contribution >= 4 is 45.4 Å². The maximum atomic E-state index is 12.8. The number of carbonyl (C=O) groups excluding carboxylic acids is 1. The molecule has 29 heavy (non-hydrogen) atoms. The summed E-state index contributed by atoms with van der Waals surface area (Å²) in [6.07, 6.45) is 3.93. The van der Waals surface area contributed by atoms with Crippen molar-refractivity contribution in [2.45, 2.75) is 33.6 Å². The highest BCUT2D eigenvalue weighted by molar-refractivity contribution is 8.18. The predicted octanol–water partition coefficient (Wildman–Crippen LogP) is 5.26. The van der Waals surface area contributed by atoms with Gasteiger partial charge in [0.15, 0.2) is 16.7 Å². The molecule has 1 amide bonds. The number of hydrogen-bond donors (Lipinski definition) is 0. The van der Waals surface area contributed by atoms with Crippen LogP contribution in [-0.2, 0) is 4.79 Å². The lowest BCUT2D eigenvalue weighted by atomic mass is 10.2. The smallest absolute Gasteiger partial charge is 0.266 e. The molecule has 154 valence electrons. The van der Waals surface area contributed by atoms with Crippen LogP contribution in [-0.4, -0.2) is 41.2 Å². The van der Waals surface area contributed by atoms with Crippen molar-refractivity contribution in [2.24, 2.45) is 4.99 Å². The highest BCUT2D eigenvalue weighted by atomic mass is 32.2. The van der Waals surface area contributed by atoms with Gasteiger partial charge in [-0.05, 0) is 55.8 Å². The zero-order valence-corrected chi connectivity index (χ0v) is 18.7. The number of aryl methyl sites for hydroxylation is 1. The van der Waals surface area contributed by atoms with Gasteiger partial charge in [0.2, 0.25) is 5.13 Å². The van der Waals surface area contributed by atoms with Crippen molar-refractivity contribution in [3.05, 3.63) is 39.7 Å². The Labute approximate surface area is 179 Å². The quantitative estimate of drug-likeness (QED) is 0.421. The molecule has 1 aromatic carbocycles. The Morgan fingerprint density at radius 1 is 1.28 bits per heavy atom. The summed E-state index contributed by atoms with van der Waals surface area (Å²) in [5.74, 6) is 1.32. The number of amidine groups is 1. The van der Waals surface area contributed by atoms with Crippen molar-refractivity contribution in [1.82, 2.24) is 9.88 Å². The molecule has 0 saturated carbocycles. The number of carbonyl (C=O) groups is 1. The molecule has 6 nitrogen and oxygen atoms in total. The molecule has 1 fully saturated rings. The second-order valence-electron chi connectivity index (χ2n) is 6.44. The third-order valence-electron chi connectivity index (χ3n) is 4.24. The molecule has 0 unspecified atom stereocenters. The standard InChI is InChI=1S/C21H25N3O3S2/c1-5-7-10-27-16-9-8-15(11-17(16)26-4)12-18-19(25)24(6-2)21(29-18)23-20-22-14(3)13-28-20/h8-9,11-13H,5-7,10H2,1-4H3/b18-12-,23-21+. The summed E-state index contributed by atoms with van der Waals surface area (Å²) in [4.78, 5) is 24.1. The predicted molar refractivity (Wildman–Crippen MR) is 120 cm³/mol. The van der Waals surface area contributed by atoms with Gasteiger partial charge in [0, 0.05) is 11.9 Å². The van der Waals surface area contributed by atoms with Crippen molar-refractivity contribution in [3.8, 4) is 11.5 Å². The number of thiazole rings is 1. The van der Waals surface area contributed by atoms with Crippen LogP contribution < -0.4 is 9.47 Å². The van der Waals surface area contributed by atoms with E-state index in [0.717, 1.165) is 24.1 Å². The van der Waals surface area contributed by atoms with Crippen LogP contribution in [0, 0.1) is 6.92 Å². The third-order valence-corrected chi connectivity index (χ3v) is 6.10. The van der Waals surface area contributed by atoms with Crippen LogP contribution in [0.5, 0.6) is 11.5 Å². The normalized spacial score (nSPS) is 16.8. The largest absolute Gasteiger partial charge is 0.493 e. The first-order valence-electron chi connectivity index (χ1n) is 9.58. The number of nitrogens with zero attached hydrogens (tertiary/aromatic N) is 3. The Balaban J connectivity index is 1.84. The van der Waals surface area contributed by atoms with Gasteiger partial charge in [-0.25, -0.2) is 4.98 Å². The summed E-state index contributed by atoms with van der Waals surface area (Å²) in [6.45, 7) is 7.20. The number of aromatic nitrogens is 1. The molecule has 1 aliphatic heterocycles. The summed E-state index contributed by atoms with van der Waals surface area (Å²) in [6, 6.07) is 5.70. The van der Waals surface area contributed by atoms with E-state index >= 15 is 0 Å². The molecule has 1 aromatic heterocycles. The Morgan fingerprint density at radius 3 is 2.76 bits per heavy atom. The molecular formula is C21H25N3O3S2. The van der Waals surface area contributed by atoms with Gasteiger partial charge >= 0.3 is 0 Å². The first-order valence-corrected chi connectivity index (χ1v) is 11.3. The highest BCUT2D eigenvalue weighted by Gasteiger charge is 2.32. The van der Waals surface area contributed by atoms with Gasteiger partial charge in [0.1, 0.15) is 0 Å². The molecule has 2 aromatic rings. The van der Waals surface area contributed by atoms with E-state index in [2.05, 4.69) is 16.9 Å². The van der Waals surface area contributed by atoms with E-state index in [1.165, 1.54) is 23.1 Å². The molecule has 1 aliphatic rings. The van der Waals surface area contributed by atoms with Crippen molar-refractivity contribution in [2.75, 3.05) is 20.3 Å². The minimum Gasteiger partial charge on any atom is -0.493 e. The number of ether oxygens (including phenoxy) is 2. The summed E-state index contributed by atoms with van der Waals surface area (Å²) in [7, 11) is 1.62. The van der Waals surface area contributed by atoms with E-state index in [9.17, 15) is 4.79 Å². The Kier molecular flexibility index (Phi) is 7.33. The lowest BCUT2D eigenvalue weighted by Gasteiger charge is -2.11. The van der Waals surface area contributed by atoms with Crippen LogP contribution in [0.15, 0.2) is 33.5 Å². The van der Waals surface area contributed by atoms with Gasteiger partial charge < -0.3 is 9.47 Å². The number of rotatable bonds is 8. The number of unbranched alkanes of at least 4 members (excludes halogenated alkanes) is 1. The summed E-state index contributed by atoms with van der Waals surface area (Å²) in [5, 5.41) is 3.27. The maximum Gasteiger partial charge on any atom is 0.266 e. The van der Waals surface area contributed by atoms with E-state index in [0.29, 0.717) is 39.9 Å². The lowest BCUT2D eigenvalue weighted by molar-refractivity contribution is -0.122. The van der Waals surface area contributed by atoms with E-state index in [4.69, 9.17) is 9.47 Å². The minimum atomic E-state index is -0.0493. The number of amides is 1. The zero-order chi connectivity index (χ0) is 20.8. The summed E-state index contributed by atoms with van der Waals surface area (Å²) >= 11 is 2.84. The monoisotopic (exact) mass is 431 g/mol. The van der Waals surface area contributed by atoms with E-state index in [1.807, 2.05) is 43.5 Å². The number of methoxy groups -OCH3 is 1. The van der Waals surface area contributed by atoms with Gasteiger partial charge in [0.05, 0.1) is 24.3 Å². The fourth-order valence-electron chi connectivity index (χ4n) is 2.72. The van der Waals surface area contributed by atoms with Crippen LogP contribution in [0.25, 0.3) is 6.08 Å². The number of likely N-dealkylation sites (N-methyl/N-ethyl adjacent to an activating group) is 1. The van der Waals surface area contributed by atoms with Gasteiger partial charge in [-0.2, -0.15) is 4.99 Å². The average molecular weight is 432 g/mol. The molecule has 0 bridgehead atoms. The number of aliphatic imine (C=N–C) groups is 1. The molecular weight excluding hydrogens is 406 g/mol. The number of thioether (sulfide) groups is 1. The third kappa shape index (κ3) is 5.19. The molecule has 0 aliphatic carbocycles. The van der Waals surface area contributed by atoms with Crippen LogP contribution in [0.4, 0.5) is 5.13 Å². The first kappa shape index (κ1) is 21.4. The first-order chi connectivity index (χ1) is 14.0. The molecule has 0 spiro atoms. The highest BCUT2D eigenvalue weighted by Crippen LogP contribution is 2.36. The van der Waals surface area contributed by atoms with Crippen molar-refractivity contribution < 1.29 is 14.3 Å². The maximum absolute atomic E-state index is 12.8. The minimum absolute atomic E-state index is 0.0493. The number of hydrogen-bond acceptors (Lipinski definition) is 7. The van der Waals surface area contributed by atoms with Gasteiger partial charge in [-0.3, -0.25) is 9.69 Å². The second-order valence-corrected chi connectivity index (χ2v) is 8.28. The molecule has 1 saturated heterocycles. The van der Waals surface area contributed by atoms with Crippen LogP contribution >= 0.6 is 23.1 Å². The zero-order valence-electron chi connectivity index (χ0n) is 17.1. The summed E-state index contributed by atoms with van der Waals surface area (Å²) in [5.41, 5.74) is 1.80. The van der Waals surface area contributed by atoms with E-state index in [-0.39, 0.29) is 5.91 Å².